The largest absolute Gasteiger partial charge is 0.361 e. The summed E-state index contributed by atoms with van der Waals surface area (Å²) in [5, 5.41) is 6.38. The van der Waals surface area contributed by atoms with E-state index in [1.54, 1.807) is 23.7 Å². The molecule has 2 aromatic rings. The van der Waals surface area contributed by atoms with Gasteiger partial charge in [-0.05, 0) is 18.1 Å². The number of pyridine rings is 1. The second-order valence-corrected chi connectivity index (χ2v) is 4.91. The molecule has 0 aliphatic heterocycles. The first-order valence-corrected chi connectivity index (χ1v) is 6.23. The summed E-state index contributed by atoms with van der Waals surface area (Å²) in [6.45, 7) is 5.33. The van der Waals surface area contributed by atoms with Crippen molar-refractivity contribution in [3.05, 3.63) is 29.9 Å². The first kappa shape index (κ1) is 11.1. The first-order valence-electron chi connectivity index (χ1n) is 5.35. The topological polar surface area (TPSA) is 37.8 Å². The van der Waals surface area contributed by atoms with Gasteiger partial charge in [-0.3, -0.25) is 4.98 Å². The zero-order valence-corrected chi connectivity index (χ0v) is 10.3. The molecule has 0 aliphatic carbocycles. The maximum absolute atomic E-state index is 4.53. The molecule has 0 saturated heterocycles. The molecule has 0 atom stereocenters. The Morgan fingerprint density at radius 3 is 2.75 bits per heavy atom. The lowest BCUT2D eigenvalue weighted by Crippen LogP contribution is -2.07. The monoisotopic (exact) mass is 233 g/mol. The van der Waals surface area contributed by atoms with Gasteiger partial charge in [0.2, 0.25) is 0 Å². The van der Waals surface area contributed by atoms with Gasteiger partial charge in [-0.2, -0.15) is 0 Å². The fraction of sp³-hybridized carbons (Fsp3) is 0.333. The van der Waals surface area contributed by atoms with Crippen molar-refractivity contribution in [1.82, 2.24) is 9.97 Å². The number of nitrogens with one attached hydrogen (secondary N) is 1. The van der Waals surface area contributed by atoms with Gasteiger partial charge in [-0.25, -0.2) is 4.98 Å². The van der Waals surface area contributed by atoms with Gasteiger partial charge >= 0.3 is 0 Å². The Bertz CT molecular complexity index is 437. The molecule has 2 rings (SSSR count). The Balaban J connectivity index is 2.08. The van der Waals surface area contributed by atoms with Crippen molar-refractivity contribution >= 4 is 16.5 Å². The Kier molecular flexibility index (Phi) is 3.51. The van der Waals surface area contributed by atoms with Crippen LogP contribution in [0.1, 0.15) is 13.8 Å². The summed E-state index contributed by atoms with van der Waals surface area (Å²) in [4.78, 5) is 8.53. The van der Waals surface area contributed by atoms with Gasteiger partial charge in [0.25, 0.3) is 0 Å². The Hall–Kier alpha value is -1.42. The van der Waals surface area contributed by atoms with E-state index < -0.39 is 0 Å². The minimum absolute atomic E-state index is 0.633. The van der Waals surface area contributed by atoms with E-state index >= 15 is 0 Å². The quantitative estimate of drug-likeness (QED) is 0.880. The predicted molar refractivity (Wildman–Crippen MR) is 68.7 cm³/mol. The fourth-order valence-corrected chi connectivity index (χ4v) is 2.03. The summed E-state index contributed by atoms with van der Waals surface area (Å²) < 4.78 is 0. The fourth-order valence-electron chi connectivity index (χ4n) is 1.30. The van der Waals surface area contributed by atoms with Gasteiger partial charge < -0.3 is 5.32 Å². The van der Waals surface area contributed by atoms with Gasteiger partial charge in [-0.15, -0.1) is 11.3 Å². The van der Waals surface area contributed by atoms with Gasteiger partial charge in [0.1, 0.15) is 0 Å². The molecule has 0 fully saturated rings. The molecule has 0 saturated carbocycles. The zero-order valence-electron chi connectivity index (χ0n) is 9.47. The molecule has 0 aromatic carbocycles. The molecule has 16 heavy (non-hydrogen) atoms. The lowest BCUT2D eigenvalue weighted by Gasteiger charge is -2.04. The van der Waals surface area contributed by atoms with Crippen molar-refractivity contribution in [2.75, 3.05) is 11.9 Å². The van der Waals surface area contributed by atoms with Crippen molar-refractivity contribution in [3.8, 4) is 11.3 Å². The number of aromatic nitrogens is 2. The number of thiazole rings is 1. The van der Waals surface area contributed by atoms with Crippen LogP contribution in [0.3, 0.4) is 0 Å². The molecule has 0 unspecified atom stereocenters. The number of nitrogens with zero attached hydrogens (tertiary/aromatic N) is 2. The molecule has 0 bridgehead atoms. The van der Waals surface area contributed by atoms with Crippen molar-refractivity contribution in [3.63, 3.8) is 0 Å². The molecule has 1 N–H and O–H groups in total. The number of rotatable bonds is 4. The Morgan fingerprint density at radius 1 is 1.31 bits per heavy atom. The lowest BCUT2D eigenvalue weighted by molar-refractivity contribution is 0.688. The molecule has 4 heteroatoms. The summed E-state index contributed by atoms with van der Waals surface area (Å²) in [6.07, 6.45) is 3.58. The third kappa shape index (κ3) is 2.79. The van der Waals surface area contributed by atoms with Gasteiger partial charge in [0.05, 0.1) is 5.69 Å². The predicted octanol–water partition coefficient (Wildman–Crippen LogP) is 3.27. The zero-order chi connectivity index (χ0) is 11.4. The molecule has 0 spiro atoms. The minimum Gasteiger partial charge on any atom is -0.361 e. The molecule has 3 nitrogen and oxygen atoms in total. The first-order chi connectivity index (χ1) is 7.75. The van der Waals surface area contributed by atoms with Crippen LogP contribution in [0.4, 0.5) is 5.13 Å². The van der Waals surface area contributed by atoms with Crippen LogP contribution >= 0.6 is 11.3 Å². The van der Waals surface area contributed by atoms with Gasteiger partial charge in [0.15, 0.2) is 5.13 Å². The highest BCUT2D eigenvalue weighted by Gasteiger charge is 2.04. The van der Waals surface area contributed by atoms with E-state index in [1.165, 1.54) is 0 Å². The summed E-state index contributed by atoms with van der Waals surface area (Å²) in [5.74, 6) is 0.633. The minimum atomic E-state index is 0.633. The normalized spacial score (nSPS) is 10.7. The van der Waals surface area contributed by atoms with Crippen LogP contribution in [0.25, 0.3) is 11.3 Å². The molecule has 0 amide bonds. The third-order valence-corrected chi connectivity index (χ3v) is 2.94. The molecule has 0 aliphatic rings. The van der Waals surface area contributed by atoms with Crippen LogP contribution in [-0.2, 0) is 0 Å². The van der Waals surface area contributed by atoms with Gasteiger partial charge in [-0.1, -0.05) is 13.8 Å². The second kappa shape index (κ2) is 5.07. The van der Waals surface area contributed by atoms with Crippen molar-refractivity contribution in [2.45, 2.75) is 13.8 Å². The molecule has 84 valence electrons. The summed E-state index contributed by atoms with van der Waals surface area (Å²) in [7, 11) is 0. The van der Waals surface area contributed by atoms with E-state index in [0.29, 0.717) is 5.92 Å². The van der Waals surface area contributed by atoms with Crippen molar-refractivity contribution in [2.24, 2.45) is 5.92 Å². The summed E-state index contributed by atoms with van der Waals surface area (Å²) in [6, 6.07) is 3.95. The van der Waals surface area contributed by atoms with Gasteiger partial charge in [0, 0.05) is 29.9 Å². The van der Waals surface area contributed by atoms with Crippen LogP contribution < -0.4 is 5.32 Å². The molecular weight excluding hydrogens is 218 g/mol. The Morgan fingerprint density at radius 2 is 2.06 bits per heavy atom. The smallest absolute Gasteiger partial charge is 0.183 e. The van der Waals surface area contributed by atoms with E-state index in [2.05, 4.69) is 34.5 Å². The van der Waals surface area contributed by atoms with Crippen LogP contribution in [0.2, 0.25) is 0 Å². The molecule has 2 aromatic heterocycles. The van der Waals surface area contributed by atoms with Crippen LogP contribution in [0.15, 0.2) is 29.9 Å². The summed E-state index contributed by atoms with van der Waals surface area (Å²) >= 11 is 1.64. The third-order valence-electron chi connectivity index (χ3n) is 2.14. The highest BCUT2D eigenvalue weighted by Crippen LogP contribution is 2.24. The van der Waals surface area contributed by atoms with E-state index in [4.69, 9.17) is 0 Å². The number of anilines is 1. The van der Waals surface area contributed by atoms with Crippen LogP contribution in [0.5, 0.6) is 0 Å². The Labute approximate surface area is 99.6 Å². The highest BCUT2D eigenvalue weighted by atomic mass is 32.1. The average Bonchev–Trinajstić information content (AvgIpc) is 2.76. The maximum Gasteiger partial charge on any atom is 0.183 e. The lowest BCUT2D eigenvalue weighted by atomic mass is 10.2. The van der Waals surface area contributed by atoms with Crippen LogP contribution in [0, 0.1) is 5.92 Å². The van der Waals surface area contributed by atoms with Crippen molar-refractivity contribution < 1.29 is 0 Å². The van der Waals surface area contributed by atoms with E-state index in [-0.39, 0.29) is 0 Å². The van der Waals surface area contributed by atoms with E-state index in [1.807, 2.05) is 12.1 Å². The summed E-state index contributed by atoms with van der Waals surface area (Å²) in [5.41, 5.74) is 2.13. The second-order valence-electron chi connectivity index (χ2n) is 4.05. The van der Waals surface area contributed by atoms with E-state index in [9.17, 15) is 0 Å². The van der Waals surface area contributed by atoms with Crippen molar-refractivity contribution in [1.29, 1.82) is 0 Å². The molecule has 2 heterocycles. The average molecular weight is 233 g/mol. The SMILES string of the molecule is CC(C)CNc1nc(-c2ccncc2)cs1. The number of hydrogen-bond acceptors (Lipinski definition) is 4. The maximum atomic E-state index is 4.53. The molecule has 0 radical (unpaired) electrons. The number of hydrogen-bond donors (Lipinski definition) is 1. The van der Waals surface area contributed by atoms with E-state index in [0.717, 1.165) is 22.9 Å². The highest BCUT2D eigenvalue weighted by molar-refractivity contribution is 7.14. The standard InChI is InChI=1S/C12H15N3S/c1-9(2)7-14-12-15-11(8-16-12)10-3-5-13-6-4-10/h3-6,8-9H,7H2,1-2H3,(H,14,15). The van der Waals surface area contributed by atoms with Crippen LogP contribution in [-0.4, -0.2) is 16.5 Å². The molecular formula is C12H15N3S.